The van der Waals surface area contributed by atoms with Gasteiger partial charge < -0.3 is 4.74 Å². The summed E-state index contributed by atoms with van der Waals surface area (Å²) in [7, 11) is 0. The lowest BCUT2D eigenvalue weighted by Crippen LogP contribution is -2.36. The summed E-state index contributed by atoms with van der Waals surface area (Å²) in [6.45, 7) is 10.1. The van der Waals surface area contributed by atoms with Gasteiger partial charge in [-0.15, -0.1) is 0 Å². The van der Waals surface area contributed by atoms with E-state index in [1.54, 1.807) is 0 Å². The Bertz CT molecular complexity index is 307. The molecule has 1 unspecified atom stereocenters. The molecular formula is C15H26O2. The Hall–Kier alpha value is -0.790. The first-order valence-corrected chi connectivity index (χ1v) is 6.71. The number of hydrogen-bond acceptors (Lipinski definition) is 2. The number of carbonyl (C=O) groups excluding carboxylic acids is 1. The second-order valence-electron chi connectivity index (χ2n) is 6.04. The Morgan fingerprint density at radius 2 is 1.88 bits per heavy atom. The average molecular weight is 238 g/mol. The van der Waals surface area contributed by atoms with Crippen LogP contribution >= 0.6 is 0 Å². The molecule has 2 heteroatoms. The zero-order chi connectivity index (χ0) is 13.1. The van der Waals surface area contributed by atoms with Gasteiger partial charge in [-0.1, -0.05) is 18.6 Å². The number of rotatable bonds is 4. The molecule has 0 aromatic heterocycles. The van der Waals surface area contributed by atoms with Crippen molar-refractivity contribution in [3.8, 4) is 0 Å². The molecule has 0 radical (unpaired) electrons. The third-order valence-corrected chi connectivity index (χ3v) is 3.81. The molecule has 0 aromatic rings. The number of allylic oxidation sites excluding steroid dienone is 1. The van der Waals surface area contributed by atoms with E-state index in [0.717, 1.165) is 19.3 Å². The maximum Gasteiger partial charge on any atom is 0.316 e. The molecular weight excluding hydrogens is 212 g/mol. The molecule has 17 heavy (non-hydrogen) atoms. The molecule has 1 rings (SSSR count). The highest BCUT2D eigenvalue weighted by Crippen LogP contribution is 2.36. The Morgan fingerprint density at radius 3 is 2.29 bits per heavy atom. The summed E-state index contributed by atoms with van der Waals surface area (Å²) in [5.74, 6) is -0.0643. The third kappa shape index (κ3) is 3.58. The minimum Gasteiger partial charge on any atom is -0.459 e. The van der Waals surface area contributed by atoms with Crippen LogP contribution in [-0.4, -0.2) is 11.6 Å². The standard InChI is InChI=1S/C15H26O2/c1-6-14(4,11-12(2)3)13(16)17-15(5)9-7-8-10-15/h11H,6-10H2,1-5H3. The smallest absolute Gasteiger partial charge is 0.316 e. The third-order valence-electron chi connectivity index (χ3n) is 3.81. The van der Waals surface area contributed by atoms with Gasteiger partial charge in [-0.05, 0) is 59.8 Å². The molecule has 0 amide bonds. The monoisotopic (exact) mass is 238 g/mol. The second kappa shape index (κ2) is 5.24. The van der Waals surface area contributed by atoms with Gasteiger partial charge in [-0.2, -0.15) is 0 Å². The normalized spacial score (nSPS) is 21.7. The van der Waals surface area contributed by atoms with Crippen LogP contribution in [0.1, 0.15) is 66.7 Å². The lowest BCUT2D eigenvalue weighted by molar-refractivity contribution is -0.166. The van der Waals surface area contributed by atoms with Gasteiger partial charge in [0.25, 0.3) is 0 Å². The topological polar surface area (TPSA) is 26.3 Å². The van der Waals surface area contributed by atoms with Crippen LogP contribution < -0.4 is 0 Å². The van der Waals surface area contributed by atoms with Gasteiger partial charge >= 0.3 is 5.97 Å². The van der Waals surface area contributed by atoms with E-state index in [1.807, 2.05) is 33.8 Å². The molecule has 0 bridgehead atoms. The molecule has 2 nitrogen and oxygen atoms in total. The van der Waals surface area contributed by atoms with Crippen molar-refractivity contribution in [2.75, 3.05) is 0 Å². The summed E-state index contributed by atoms with van der Waals surface area (Å²) in [5, 5.41) is 0. The van der Waals surface area contributed by atoms with Crippen LogP contribution in [0.4, 0.5) is 0 Å². The number of carbonyl (C=O) groups is 1. The molecule has 0 aliphatic heterocycles. The summed E-state index contributed by atoms with van der Waals surface area (Å²) in [5.41, 5.74) is 0.482. The van der Waals surface area contributed by atoms with Crippen molar-refractivity contribution >= 4 is 5.97 Å². The van der Waals surface area contributed by atoms with E-state index < -0.39 is 5.41 Å². The molecule has 98 valence electrons. The molecule has 1 saturated carbocycles. The van der Waals surface area contributed by atoms with Crippen molar-refractivity contribution in [1.82, 2.24) is 0 Å². The predicted octanol–water partition coefficient (Wildman–Crippen LogP) is 4.24. The number of esters is 1. The minimum absolute atomic E-state index is 0.0643. The lowest BCUT2D eigenvalue weighted by Gasteiger charge is -2.31. The van der Waals surface area contributed by atoms with E-state index in [-0.39, 0.29) is 11.6 Å². The van der Waals surface area contributed by atoms with E-state index in [2.05, 4.69) is 6.92 Å². The minimum atomic E-state index is -0.468. The molecule has 0 heterocycles. The van der Waals surface area contributed by atoms with Gasteiger partial charge in [0.2, 0.25) is 0 Å². The first-order chi connectivity index (χ1) is 7.81. The van der Waals surface area contributed by atoms with E-state index >= 15 is 0 Å². The van der Waals surface area contributed by atoms with Crippen LogP contribution in [0.3, 0.4) is 0 Å². The summed E-state index contributed by atoms with van der Waals surface area (Å²) in [6, 6.07) is 0. The van der Waals surface area contributed by atoms with Crippen molar-refractivity contribution in [3.63, 3.8) is 0 Å². The molecule has 0 aromatic carbocycles. The van der Waals surface area contributed by atoms with Crippen LogP contribution in [-0.2, 0) is 9.53 Å². The van der Waals surface area contributed by atoms with Gasteiger partial charge in [-0.25, -0.2) is 0 Å². The van der Waals surface area contributed by atoms with Crippen LogP contribution in [0.5, 0.6) is 0 Å². The zero-order valence-corrected chi connectivity index (χ0v) is 11.9. The SMILES string of the molecule is CCC(C)(C=C(C)C)C(=O)OC1(C)CCCC1. The maximum atomic E-state index is 12.3. The molecule has 0 N–H and O–H groups in total. The fourth-order valence-corrected chi connectivity index (χ4v) is 2.51. The van der Waals surface area contributed by atoms with Crippen molar-refractivity contribution in [2.45, 2.75) is 72.3 Å². The predicted molar refractivity (Wildman–Crippen MR) is 70.8 cm³/mol. The van der Waals surface area contributed by atoms with Crippen molar-refractivity contribution in [3.05, 3.63) is 11.6 Å². The van der Waals surface area contributed by atoms with E-state index in [0.29, 0.717) is 0 Å². The van der Waals surface area contributed by atoms with Gasteiger partial charge in [-0.3, -0.25) is 4.79 Å². The molecule has 1 fully saturated rings. The fourth-order valence-electron chi connectivity index (χ4n) is 2.51. The fraction of sp³-hybridized carbons (Fsp3) is 0.800. The van der Waals surface area contributed by atoms with Gasteiger partial charge in [0.15, 0.2) is 0 Å². The van der Waals surface area contributed by atoms with Gasteiger partial charge in [0.1, 0.15) is 5.60 Å². The number of hydrogen-bond donors (Lipinski definition) is 0. The first-order valence-electron chi connectivity index (χ1n) is 6.71. The molecule has 0 saturated heterocycles. The Kier molecular flexibility index (Phi) is 4.40. The maximum absolute atomic E-state index is 12.3. The number of ether oxygens (including phenoxy) is 1. The second-order valence-corrected chi connectivity index (χ2v) is 6.04. The highest BCUT2D eigenvalue weighted by Gasteiger charge is 2.38. The Labute approximate surface area is 105 Å². The lowest BCUT2D eigenvalue weighted by atomic mass is 9.85. The van der Waals surface area contributed by atoms with Crippen LogP contribution in [0, 0.1) is 5.41 Å². The van der Waals surface area contributed by atoms with Crippen LogP contribution in [0.2, 0.25) is 0 Å². The van der Waals surface area contributed by atoms with Gasteiger partial charge in [0, 0.05) is 0 Å². The van der Waals surface area contributed by atoms with Crippen LogP contribution in [0.15, 0.2) is 11.6 Å². The van der Waals surface area contributed by atoms with Gasteiger partial charge in [0.05, 0.1) is 5.41 Å². The molecule has 1 aliphatic carbocycles. The van der Waals surface area contributed by atoms with Crippen molar-refractivity contribution in [1.29, 1.82) is 0 Å². The Morgan fingerprint density at radius 1 is 1.35 bits per heavy atom. The highest BCUT2D eigenvalue weighted by molar-refractivity contribution is 5.79. The van der Waals surface area contributed by atoms with E-state index in [1.165, 1.54) is 18.4 Å². The molecule has 1 atom stereocenters. The van der Waals surface area contributed by atoms with E-state index in [4.69, 9.17) is 4.74 Å². The largest absolute Gasteiger partial charge is 0.459 e. The highest BCUT2D eigenvalue weighted by atomic mass is 16.6. The summed E-state index contributed by atoms with van der Waals surface area (Å²) in [6.07, 6.45) is 7.19. The Balaban J connectivity index is 2.76. The van der Waals surface area contributed by atoms with Crippen molar-refractivity contribution < 1.29 is 9.53 Å². The van der Waals surface area contributed by atoms with E-state index in [9.17, 15) is 4.79 Å². The summed E-state index contributed by atoms with van der Waals surface area (Å²) < 4.78 is 5.77. The zero-order valence-electron chi connectivity index (χ0n) is 11.9. The summed E-state index contributed by atoms with van der Waals surface area (Å²) in [4.78, 5) is 12.3. The quantitative estimate of drug-likeness (QED) is 0.541. The average Bonchev–Trinajstić information content (AvgIpc) is 2.63. The summed E-state index contributed by atoms with van der Waals surface area (Å²) >= 11 is 0. The molecule has 0 spiro atoms. The molecule has 1 aliphatic rings. The van der Waals surface area contributed by atoms with Crippen molar-refractivity contribution in [2.24, 2.45) is 5.41 Å². The van der Waals surface area contributed by atoms with Crippen LogP contribution in [0.25, 0.3) is 0 Å². The first kappa shape index (κ1) is 14.3.